The van der Waals surface area contributed by atoms with Gasteiger partial charge in [-0.05, 0) is 42.9 Å². The van der Waals surface area contributed by atoms with Crippen molar-refractivity contribution < 1.29 is 9.47 Å². The lowest BCUT2D eigenvalue weighted by Gasteiger charge is -2.07. The van der Waals surface area contributed by atoms with E-state index in [0.29, 0.717) is 11.5 Å². The van der Waals surface area contributed by atoms with Gasteiger partial charge in [-0.2, -0.15) is 5.10 Å². The fourth-order valence-corrected chi connectivity index (χ4v) is 1.40. The molecule has 1 aromatic carbocycles. The zero-order chi connectivity index (χ0) is 14.3. The largest absolute Gasteiger partial charge is 0.493 e. The summed E-state index contributed by atoms with van der Waals surface area (Å²) in [5.74, 6) is 1.38. The predicted molar refractivity (Wildman–Crippen MR) is 81.6 cm³/mol. The van der Waals surface area contributed by atoms with Crippen molar-refractivity contribution in [1.82, 2.24) is 5.43 Å². The molecule has 102 valence electrons. The number of methoxy groups -OCH3 is 2. The van der Waals surface area contributed by atoms with E-state index in [0.717, 1.165) is 11.3 Å². The van der Waals surface area contributed by atoms with Crippen molar-refractivity contribution in [2.45, 2.75) is 6.92 Å². The highest BCUT2D eigenvalue weighted by Gasteiger charge is 2.02. The smallest absolute Gasteiger partial charge is 0.184 e. The molecule has 0 atom stereocenters. The first-order chi connectivity index (χ1) is 9.06. The first-order valence-corrected chi connectivity index (χ1v) is 5.97. The number of nitrogens with zero attached hydrogens (tertiary/aromatic N) is 1. The van der Waals surface area contributed by atoms with E-state index in [4.69, 9.17) is 15.2 Å². The van der Waals surface area contributed by atoms with E-state index in [2.05, 4.69) is 22.7 Å². The number of hydrogen-bond acceptors (Lipinski definition) is 4. The molecule has 0 aliphatic heterocycles. The van der Waals surface area contributed by atoms with Gasteiger partial charge in [-0.3, -0.25) is 5.43 Å². The molecular formula is C13H17N3O2S. The van der Waals surface area contributed by atoms with Crippen LogP contribution in [0.1, 0.15) is 12.5 Å². The number of thiocarbonyl (C=S) groups is 1. The Morgan fingerprint density at radius 2 is 2.00 bits per heavy atom. The van der Waals surface area contributed by atoms with Gasteiger partial charge in [0.05, 0.1) is 19.9 Å². The normalized spacial score (nSPS) is 11.4. The molecule has 5 nitrogen and oxygen atoms in total. The first-order valence-electron chi connectivity index (χ1n) is 5.56. The number of benzene rings is 1. The van der Waals surface area contributed by atoms with Crippen molar-refractivity contribution in [2.24, 2.45) is 10.8 Å². The highest BCUT2D eigenvalue weighted by atomic mass is 32.1. The van der Waals surface area contributed by atoms with Crippen molar-refractivity contribution in [3.63, 3.8) is 0 Å². The minimum atomic E-state index is 0.138. The van der Waals surface area contributed by atoms with Crippen LogP contribution in [0, 0.1) is 0 Å². The van der Waals surface area contributed by atoms with Crippen LogP contribution in [0.3, 0.4) is 0 Å². The Hall–Kier alpha value is -2.08. The van der Waals surface area contributed by atoms with Gasteiger partial charge in [-0.15, -0.1) is 0 Å². The highest BCUT2D eigenvalue weighted by molar-refractivity contribution is 7.80. The van der Waals surface area contributed by atoms with Crippen LogP contribution in [0.2, 0.25) is 0 Å². The summed E-state index contributed by atoms with van der Waals surface area (Å²) in [6.45, 7) is 1.84. The van der Waals surface area contributed by atoms with Crippen molar-refractivity contribution in [3.05, 3.63) is 29.8 Å². The van der Waals surface area contributed by atoms with Gasteiger partial charge in [-0.25, -0.2) is 0 Å². The van der Waals surface area contributed by atoms with Crippen LogP contribution in [0.5, 0.6) is 11.5 Å². The van der Waals surface area contributed by atoms with E-state index < -0.39 is 0 Å². The maximum Gasteiger partial charge on any atom is 0.184 e. The molecule has 0 radical (unpaired) electrons. The molecule has 0 aromatic heterocycles. The first kappa shape index (κ1) is 15.0. The van der Waals surface area contributed by atoms with Crippen LogP contribution in [-0.2, 0) is 0 Å². The average molecular weight is 279 g/mol. The summed E-state index contributed by atoms with van der Waals surface area (Å²) in [5.41, 5.74) is 9.53. The predicted octanol–water partition coefficient (Wildman–Crippen LogP) is 1.93. The molecule has 1 aromatic rings. The summed E-state index contributed by atoms with van der Waals surface area (Å²) < 4.78 is 10.4. The van der Waals surface area contributed by atoms with Gasteiger partial charge in [0.2, 0.25) is 0 Å². The Bertz CT molecular complexity index is 513. The second-order valence-corrected chi connectivity index (χ2v) is 4.12. The number of allylic oxidation sites excluding steroid dienone is 1. The molecule has 6 heteroatoms. The molecule has 0 aliphatic carbocycles. The molecule has 3 N–H and O–H groups in total. The van der Waals surface area contributed by atoms with Crippen molar-refractivity contribution in [2.75, 3.05) is 14.2 Å². The summed E-state index contributed by atoms with van der Waals surface area (Å²) in [4.78, 5) is 0. The van der Waals surface area contributed by atoms with E-state index in [1.54, 1.807) is 14.2 Å². The molecule has 19 heavy (non-hydrogen) atoms. The van der Waals surface area contributed by atoms with Gasteiger partial charge in [0.1, 0.15) is 0 Å². The highest BCUT2D eigenvalue weighted by Crippen LogP contribution is 2.27. The van der Waals surface area contributed by atoms with Gasteiger partial charge in [0, 0.05) is 0 Å². The standard InChI is InChI=1S/C13H17N3O2S/c1-9(15-16-13(14)19)4-5-10-6-7-11(17-2)12(8-10)18-3/h4-8H,1-3H3,(H3,14,16,19)/b5-4-,15-9+. The zero-order valence-corrected chi connectivity index (χ0v) is 12.0. The van der Waals surface area contributed by atoms with Gasteiger partial charge in [-0.1, -0.05) is 12.1 Å². The minimum absolute atomic E-state index is 0.138. The topological polar surface area (TPSA) is 68.9 Å². The van der Waals surface area contributed by atoms with E-state index in [-0.39, 0.29) is 5.11 Å². The van der Waals surface area contributed by atoms with Crippen LogP contribution in [0.15, 0.2) is 29.4 Å². The SMILES string of the molecule is COc1ccc(/C=C\C(C)=N\NC(N)=S)cc1OC. The Kier molecular flexibility index (Phi) is 5.81. The second kappa shape index (κ2) is 7.38. The summed E-state index contributed by atoms with van der Waals surface area (Å²) in [6.07, 6.45) is 3.74. The van der Waals surface area contributed by atoms with Crippen LogP contribution in [0.25, 0.3) is 6.08 Å². The molecule has 0 fully saturated rings. The number of hydrogen-bond donors (Lipinski definition) is 2. The quantitative estimate of drug-likeness (QED) is 0.489. The van der Waals surface area contributed by atoms with E-state index in [1.165, 1.54) is 0 Å². The summed E-state index contributed by atoms with van der Waals surface area (Å²) >= 11 is 4.66. The molecule has 0 spiro atoms. The van der Waals surface area contributed by atoms with Gasteiger partial charge in [0.25, 0.3) is 0 Å². The molecule has 0 saturated carbocycles. The van der Waals surface area contributed by atoms with Crippen molar-refractivity contribution in [3.8, 4) is 11.5 Å². The number of hydrazone groups is 1. The van der Waals surface area contributed by atoms with Crippen molar-refractivity contribution in [1.29, 1.82) is 0 Å². The van der Waals surface area contributed by atoms with Gasteiger partial charge in [0.15, 0.2) is 16.6 Å². The minimum Gasteiger partial charge on any atom is -0.493 e. The third-order valence-corrected chi connectivity index (χ3v) is 2.36. The number of rotatable bonds is 5. The monoisotopic (exact) mass is 279 g/mol. The van der Waals surface area contributed by atoms with Crippen LogP contribution >= 0.6 is 12.2 Å². The summed E-state index contributed by atoms with van der Waals surface area (Å²) in [6, 6.07) is 5.65. The third kappa shape index (κ3) is 4.97. The summed E-state index contributed by atoms with van der Waals surface area (Å²) in [7, 11) is 3.20. The number of ether oxygens (including phenoxy) is 2. The lowest BCUT2D eigenvalue weighted by molar-refractivity contribution is 0.355. The molecular weight excluding hydrogens is 262 g/mol. The van der Waals surface area contributed by atoms with Crippen LogP contribution < -0.4 is 20.6 Å². The fraction of sp³-hybridized carbons (Fsp3) is 0.231. The molecule has 0 aliphatic rings. The number of nitrogens with one attached hydrogen (secondary N) is 1. The van der Waals surface area contributed by atoms with Crippen molar-refractivity contribution >= 4 is 29.1 Å². The Labute approximate surface area is 118 Å². The maximum absolute atomic E-state index is 5.28. The van der Waals surface area contributed by atoms with E-state index in [9.17, 15) is 0 Å². The second-order valence-electron chi connectivity index (χ2n) is 3.68. The number of nitrogens with two attached hydrogens (primary N) is 1. The fourth-order valence-electron chi connectivity index (χ4n) is 1.35. The third-order valence-electron chi connectivity index (χ3n) is 2.27. The molecule has 0 bridgehead atoms. The molecule has 1 rings (SSSR count). The van der Waals surface area contributed by atoms with E-state index >= 15 is 0 Å². The van der Waals surface area contributed by atoms with Gasteiger partial charge < -0.3 is 15.2 Å². The Balaban J connectivity index is 2.82. The Morgan fingerprint density at radius 3 is 2.58 bits per heavy atom. The van der Waals surface area contributed by atoms with Crippen LogP contribution in [-0.4, -0.2) is 25.0 Å². The Morgan fingerprint density at radius 1 is 1.32 bits per heavy atom. The van der Waals surface area contributed by atoms with Crippen LogP contribution in [0.4, 0.5) is 0 Å². The summed E-state index contributed by atoms with van der Waals surface area (Å²) in [5, 5.41) is 4.11. The molecule has 0 saturated heterocycles. The lowest BCUT2D eigenvalue weighted by Crippen LogP contribution is -2.24. The lowest BCUT2D eigenvalue weighted by atomic mass is 10.1. The maximum atomic E-state index is 5.28. The molecule has 0 amide bonds. The molecule has 0 unspecified atom stereocenters. The van der Waals surface area contributed by atoms with Gasteiger partial charge >= 0.3 is 0 Å². The molecule has 0 heterocycles. The average Bonchev–Trinajstić information content (AvgIpc) is 2.42. The zero-order valence-electron chi connectivity index (χ0n) is 11.1. The van der Waals surface area contributed by atoms with E-state index in [1.807, 2.05) is 37.3 Å².